The summed E-state index contributed by atoms with van der Waals surface area (Å²) >= 11 is 0. The van der Waals surface area contributed by atoms with Gasteiger partial charge in [-0.15, -0.1) is 0 Å². The van der Waals surface area contributed by atoms with Crippen molar-refractivity contribution in [3.8, 4) is 0 Å². The number of hydrogen-bond donors (Lipinski definition) is 1. The van der Waals surface area contributed by atoms with Gasteiger partial charge in [-0.1, -0.05) is 0 Å². The van der Waals surface area contributed by atoms with Crippen LogP contribution >= 0.6 is 0 Å². The zero-order valence-corrected chi connectivity index (χ0v) is 8.88. The predicted octanol–water partition coefficient (Wildman–Crippen LogP) is 2.23. The Morgan fingerprint density at radius 1 is 1.44 bits per heavy atom. The van der Waals surface area contributed by atoms with E-state index in [1.807, 2.05) is 6.92 Å². The van der Waals surface area contributed by atoms with E-state index in [0.717, 1.165) is 35.6 Å². The molecule has 2 heterocycles. The number of hydrogen-bond acceptors (Lipinski definition) is 3. The summed E-state index contributed by atoms with van der Waals surface area (Å²) in [6, 6.07) is 4.54. The van der Waals surface area contributed by atoms with Crippen molar-refractivity contribution in [3.05, 3.63) is 35.3 Å². The van der Waals surface area contributed by atoms with Gasteiger partial charge in [0.1, 0.15) is 23.0 Å². The average Bonchev–Trinajstić information content (AvgIpc) is 2.83. The molecule has 0 atom stereocenters. The van der Waals surface area contributed by atoms with Gasteiger partial charge < -0.3 is 9.73 Å². The van der Waals surface area contributed by atoms with Gasteiger partial charge in [-0.25, -0.2) is 4.39 Å². The molecule has 0 fully saturated rings. The van der Waals surface area contributed by atoms with Crippen molar-refractivity contribution in [2.75, 3.05) is 13.1 Å². The Morgan fingerprint density at radius 3 is 3.06 bits per heavy atom. The maximum Gasteiger partial charge on any atom is 0.135 e. The highest BCUT2D eigenvalue weighted by molar-refractivity contribution is 6.10. The van der Waals surface area contributed by atoms with E-state index in [-0.39, 0.29) is 5.82 Å². The first-order valence-corrected chi connectivity index (χ1v) is 5.23. The van der Waals surface area contributed by atoms with Crippen LogP contribution in [0.4, 0.5) is 4.39 Å². The summed E-state index contributed by atoms with van der Waals surface area (Å²) in [6.07, 6.45) is 0. The molecule has 0 radical (unpaired) electrons. The van der Waals surface area contributed by atoms with E-state index >= 15 is 0 Å². The number of furan rings is 1. The molecule has 2 aromatic rings. The number of rotatable bonds is 1. The maximum absolute atomic E-state index is 13.2. The molecule has 0 saturated carbocycles. The van der Waals surface area contributed by atoms with Crippen molar-refractivity contribution < 1.29 is 8.81 Å². The molecule has 1 aliphatic rings. The van der Waals surface area contributed by atoms with Gasteiger partial charge in [0.25, 0.3) is 0 Å². The monoisotopic (exact) mass is 218 g/mol. The van der Waals surface area contributed by atoms with Crippen molar-refractivity contribution in [2.24, 2.45) is 4.99 Å². The number of nitrogens with zero attached hydrogens (tertiary/aromatic N) is 1. The molecule has 3 rings (SSSR count). The van der Waals surface area contributed by atoms with Crippen molar-refractivity contribution in [3.63, 3.8) is 0 Å². The molecule has 0 amide bonds. The first kappa shape index (κ1) is 9.39. The van der Waals surface area contributed by atoms with Crippen molar-refractivity contribution >= 4 is 16.8 Å². The lowest BCUT2D eigenvalue weighted by atomic mass is 10.1. The first-order valence-electron chi connectivity index (χ1n) is 5.23. The number of nitrogens with one attached hydrogen (secondary N) is 1. The smallest absolute Gasteiger partial charge is 0.135 e. The standard InChI is InChI=1S/C12H11FN2O/c1-7-11(12-14-4-5-15-12)9-6-8(13)2-3-10(9)16-7/h2-3,6H,4-5H2,1H3,(H,14,15). The highest BCUT2D eigenvalue weighted by Crippen LogP contribution is 2.26. The van der Waals surface area contributed by atoms with Gasteiger partial charge in [0.15, 0.2) is 0 Å². The number of amidine groups is 1. The molecule has 1 aliphatic heterocycles. The molecule has 0 saturated heterocycles. The first-order chi connectivity index (χ1) is 7.75. The highest BCUT2D eigenvalue weighted by Gasteiger charge is 2.18. The zero-order valence-electron chi connectivity index (χ0n) is 8.88. The van der Waals surface area contributed by atoms with E-state index in [2.05, 4.69) is 10.3 Å². The van der Waals surface area contributed by atoms with Gasteiger partial charge in [0.05, 0.1) is 12.1 Å². The Labute approximate surface area is 92.0 Å². The van der Waals surface area contributed by atoms with Crippen molar-refractivity contribution in [1.29, 1.82) is 0 Å². The van der Waals surface area contributed by atoms with Crippen LogP contribution in [0.25, 0.3) is 11.0 Å². The molecule has 4 heteroatoms. The van der Waals surface area contributed by atoms with Gasteiger partial charge >= 0.3 is 0 Å². The van der Waals surface area contributed by atoms with Crippen LogP contribution in [0.15, 0.2) is 27.6 Å². The van der Waals surface area contributed by atoms with E-state index < -0.39 is 0 Å². The van der Waals surface area contributed by atoms with Gasteiger partial charge in [-0.3, -0.25) is 4.99 Å². The number of benzene rings is 1. The second-order valence-electron chi connectivity index (χ2n) is 3.83. The summed E-state index contributed by atoms with van der Waals surface area (Å²) in [5.74, 6) is 1.32. The van der Waals surface area contributed by atoms with Crippen molar-refractivity contribution in [1.82, 2.24) is 5.32 Å². The molecule has 1 aromatic heterocycles. The Morgan fingerprint density at radius 2 is 2.31 bits per heavy atom. The minimum atomic E-state index is -0.256. The molecule has 0 bridgehead atoms. The second-order valence-corrected chi connectivity index (χ2v) is 3.83. The van der Waals surface area contributed by atoms with Gasteiger partial charge in [0, 0.05) is 11.9 Å². The predicted molar refractivity (Wildman–Crippen MR) is 60.3 cm³/mol. The van der Waals surface area contributed by atoms with Crippen LogP contribution in [0.3, 0.4) is 0 Å². The quantitative estimate of drug-likeness (QED) is 0.797. The number of halogens is 1. The Bertz CT molecular complexity index is 586. The summed E-state index contributed by atoms with van der Waals surface area (Å²) in [5.41, 5.74) is 1.58. The van der Waals surface area contributed by atoms with E-state index in [1.165, 1.54) is 12.1 Å². The lowest BCUT2D eigenvalue weighted by molar-refractivity contribution is 0.575. The minimum absolute atomic E-state index is 0.256. The number of aliphatic imine (C=N–C) groups is 1. The minimum Gasteiger partial charge on any atom is -0.461 e. The zero-order chi connectivity index (χ0) is 11.1. The van der Waals surface area contributed by atoms with Gasteiger partial charge in [-0.2, -0.15) is 0 Å². The van der Waals surface area contributed by atoms with Gasteiger partial charge in [-0.05, 0) is 25.1 Å². The third-order valence-corrected chi connectivity index (χ3v) is 2.74. The fraction of sp³-hybridized carbons (Fsp3) is 0.250. The Hall–Kier alpha value is -1.84. The van der Waals surface area contributed by atoms with E-state index in [9.17, 15) is 4.39 Å². The molecule has 0 spiro atoms. The largest absolute Gasteiger partial charge is 0.461 e. The van der Waals surface area contributed by atoms with Crippen LogP contribution in [0, 0.1) is 12.7 Å². The fourth-order valence-corrected chi connectivity index (χ4v) is 2.05. The third-order valence-electron chi connectivity index (χ3n) is 2.74. The Balaban J connectivity index is 2.29. The summed E-state index contributed by atoms with van der Waals surface area (Å²) in [7, 11) is 0. The summed E-state index contributed by atoms with van der Waals surface area (Å²) in [5, 5.41) is 3.96. The summed E-state index contributed by atoms with van der Waals surface area (Å²) in [4.78, 5) is 4.34. The molecular weight excluding hydrogens is 207 g/mol. The van der Waals surface area contributed by atoms with E-state index in [1.54, 1.807) is 6.07 Å². The van der Waals surface area contributed by atoms with Crippen LogP contribution in [-0.4, -0.2) is 18.9 Å². The summed E-state index contributed by atoms with van der Waals surface area (Å²) in [6.45, 7) is 3.46. The molecule has 1 aromatic carbocycles. The van der Waals surface area contributed by atoms with E-state index in [0.29, 0.717) is 5.58 Å². The molecule has 0 unspecified atom stereocenters. The third kappa shape index (κ3) is 1.30. The van der Waals surface area contributed by atoms with Crippen LogP contribution in [-0.2, 0) is 0 Å². The molecular formula is C12H11FN2O. The SMILES string of the molecule is Cc1oc2ccc(F)cc2c1C1=NCCN1. The highest BCUT2D eigenvalue weighted by atomic mass is 19.1. The fourth-order valence-electron chi connectivity index (χ4n) is 2.05. The normalized spacial score (nSPS) is 15.2. The molecule has 0 aliphatic carbocycles. The number of fused-ring (bicyclic) bond motifs is 1. The van der Waals surface area contributed by atoms with Gasteiger partial charge in [0.2, 0.25) is 0 Å². The topological polar surface area (TPSA) is 37.5 Å². The van der Waals surface area contributed by atoms with Crippen LogP contribution in [0.2, 0.25) is 0 Å². The molecule has 1 N–H and O–H groups in total. The van der Waals surface area contributed by atoms with Crippen LogP contribution < -0.4 is 5.32 Å². The average molecular weight is 218 g/mol. The number of aryl methyl sites for hydroxylation is 1. The lowest BCUT2D eigenvalue weighted by Gasteiger charge is -2.00. The van der Waals surface area contributed by atoms with E-state index in [4.69, 9.17) is 4.42 Å². The maximum atomic E-state index is 13.2. The van der Waals surface area contributed by atoms with Crippen molar-refractivity contribution in [2.45, 2.75) is 6.92 Å². The van der Waals surface area contributed by atoms with Crippen LogP contribution in [0.1, 0.15) is 11.3 Å². The molecule has 82 valence electrons. The molecule has 16 heavy (non-hydrogen) atoms. The molecule has 3 nitrogen and oxygen atoms in total. The second kappa shape index (κ2) is 3.33. The van der Waals surface area contributed by atoms with Crippen LogP contribution in [0.5, 0.6) is 0 Å². The Kier molecular flexibility index (Phi) is 1.96. The summed E-state index contributed by atoms with van der Waals surface area (Å²) < 4.78 is 18.8. The lowest BCUT2D eigenvalue weighted by Crippen LogP contribution is -2.19.